The Balaban J connectivity index is 1.27. The molecule has 53 heavy (non-hydrogen) atoms. The van der Waals surface area contributed by atoms with Gasteiger partial charge in [0.25, 0.3) is 0 Å². The van der Waals surface area contributed by atoms with Crippen LogP contribution in [0.5, 0.6) is 0 Å². The van der Waals surface area contributed by atoms with E-state index in [-0.39, 0.29) is 5.41 Å². The monoisotopic (exact) mass is 677 g/mol. The normalized spacial score (nSPS) is 16.3. The van der Waals surface area contributed by atoms with E-state index in [1.807, 2.05) is 12.1 Å². The van der Waals surface area contributed by atoms with Crippen molar-refractivity contribution in [3.05, 3.63) is 209 Å². The average Bonchev–Trinajstić information content (AvgIpc) is 3.57. The lowest BCUT2D eigenvalue weighted by molar-refractivity contribution is 0.556. The number of aromatic nitrogens is 3. The third-order valence-corrected chi connectivity index (χ3v) is 11.9. The molecule has 0 amide bonds. The third kappa shape index (κ3) is 4.05. The van der Waals surface area contributed by atoms with Gasteiger partial charge in [-0.3, -0.25) is 0 Å². The van der Waals surface area contributed by atoms with Crippen molar-refractivity contribution in [2.24, 2.45) is 0 Å². The fraction of sp³-hybridized carbons (Fsp3) is 0.0800. The van der Waals surface area contributed by atoms with Gasteiger partial charge in [-0.1, -0.05) is 166 Å². The first-order valence-corrected chi connectivity index (χ1v) is 18.4. The number of hydrogen-bond donors (Lipinski definition) is 0. The molecule has 11 rings (SSSR count). The second-order valence-electron chi connectivity index (χ2n) is 14.9. The van der Waals surface area contributed by atoms with E-state index >= 15 is 0 Å². The van der Waals surface area contributed by atoms with Crippen LogP contribution in [0.3, 0.4) is 0 Å². The summed E-state index contributed by atoms with van der Waals surface area (Å²) < 4.78 is 2.51. The summed E-state index contributed by atoms with van der Waals surface area (Å²) in [7, 11) is 0. The van der Waals surface area contributed by atoms with Crippen molar-refractivity contribution in [2.75, 3.05) is 0 Å². The van der Waals surface area contributed by atoms with Gasteiger partial charge in [0.05, 0.1) is 33.5 Å². The zero-order chi connectivity index (χ0) is 35.3. The summed E-state index contributed by atoms with van der Waals surface area (Å²) >= 11 is 0. The fourth-order valence-corrected chi connectivity index (χ4v) is 9.56. The van der Waals surface area contributed by atoms with E-state index in [9.17, 15) is 0 Å². The van der Waals surface area contributed by atoms with Crippen LogP contribution in [0.15, 0.2) is 176 Å². The summed E-state index contributed by atoms with van der Waals surface area (Å²) in [6, 6.07) is 64.0. The Bertz CT molecular complexity index is 2860. The fourth-order valence-electron chi connectivity index (χ4n) is 9.56. The molecule has 1 aliphatic heterocycles. The minimum absolute atomic E-state index is 0.245. The second kappa shape index (κ2) is 11.0. The molecule has 0 saturated carbocycles. The van der Waals surface area contributed by atoms with Crippen molar-refractivity contribution in [3.63, 3.8) is 0 Å². The van der Waals surface area contributed by atoms with Gasteiger partial charge in [0.2, 0.25) is 0 Å². The minimum Gasteiger partial charge on any atom is -0.309 e. The first-order valence-electron chi connectivity index (χ1n) is 18.4. The Kier molecular flexibility index (Phi) is 6.22. The van der Waals surface area contributed by atoms with E-state index in [0.29, 0.717) is 0 Å². The Morgan fingerprint density at radius 2 is 0.981 bits per heavy atom. The Labute approximate surface area is 308 Å². The third-order valence-electron chi connectivity index (χ3n) is 11.9. The van der Waals surface area contributed by atoms with Gasteiger partial charge in [0.1, 0.15) is 0 Å². The van der Waals surface area contributed by atoms with Crippen molar-refractivity contribution < 1.29 is 0 Å². The molecule has 3 heteroatoms. The van der Waals surface area contributed by atoms with Gasteiger partial charge in [-0.05, 0) is 57.6 Å². The van der Waals surface area contributed by atoms with Crippen LogP contribution in [0.2, 0.25) is 0 Å². The lowest BCUT2D eigenvalue weighted by atomic mass is 9.53. The maximum absolute atomic E-state index is 5.30. The zero-order valence-electron chi connectivity index (χ0n) is 29.6. The number of rotatable bonds is 3. The van der Waals surface area contributed by atoms with Crippen molar-refractivity contribution in [1.82, 2.24) is 14.5 Å². The maximum Gasteiger partial charge on any atom is 0.160 e. The smallest absolute Gasteiger partial charge is 0.160 e. The van der Waals surface area contributed by atoms with Crippen LogP contribution in [0.25, 0.3) is 61.4 Å². The number of fused-ring (bicyclic) bond motifs is 11. The Morgan fingerprint density at radius 3 is 1.72 bits per heavy atom. The molecule has 9 aromatic rings. The maximum atomic E-state index is 5.30. The van der Waals surface area contributed by atoms with Crippen LogP contribution in [-0.4, -0.2) is 14.5 Å². The summed E-state index contributed by atoms with van der Waals surface area (Å²) in [5, 5.41) is 2.55. The SMILES string of the molecule is CC1(C)c2ccccc2C2(c3ccccc3-n3c4ccccc4c4cccc2c43)c2cc(-c3nc(-c4ccccc4)cc(-c4ccccc4)n3)ccc21. The van der Waals surface area contributed by atoms with Crippen molar-refractivity contribution in [3.8, 4) is 39.6 Å². The van der Waals surface area contributed by atoms with Gasteiger partial charge in [-0.25, -0.2) is 9.97 Å². The molecule has 0 bridgehead atoms. The summed E-state index contributed by atoms with van der Waals surface area (Å²) in [6.45, 7) is 4.76. The minimum atomic E-state index is -0.586. The summed E-state index contributed by atoms with van der Waals surface area (Å²) in [5.74, 6) is 0.719. The first kappa shape index (κ1) is 30.1. The number of hydrogen-bond acceptors (Lipinski definition) is 2. The standard InChI is InChI=1S/C50H35N3/c1-49(2)37-22-10-11-23-39(37)50(40-24-12-14-27-46(40)53-45-26-13-9-20-35(45)36-21-15-25-41(50)47(36)53)42-30-34(28-29-38(42)49)48-51-43(32-16-5-3-6-17-32)31-44(52-48)33-18-7-4-8-19-33/h3-31H,1-2H3. The quantitative estimate of drug-likeness (QED) is 0.186. The molecule has 3 nitrogen and oxygen atoms in total. The molecule has 1 spiro atoms. The number of benzene rings is 7. The van der Waals surface area contributed by atoms with Crippen LogP contribution in [0.1, 0.15) is 47.2 Å². The second-order valence-corrected chi connectivity index (χ2v) is 14.9. The predicted octanol–water partition coefficient (Wildman–Crippen LogP) is 11.9. The predicted molar refractivity (Wildman–Crippen MR) is 217 cm³/mol. The largest absolute Gasteiger partial charge is 0.309 e. The van der Waals surface area contributed by atoms with Gasteiger partial charge < -0.3 is 4.57 Å². The van der Waals surface area contributed by atoms with Crippen LogP contribution >= 0.6 is 0 Å². The Hall–Kier alpha value is -6.58. The van der Waals surface area contributed by atoms with E-state index in [1.54, 1.807) is 0 Å². The highest BCUT2D eigenvalue weighted by molar-refractivity contribution is 6.12. The van der Waals surface area contributed by atoms with E-state index in [0.717, 1.165) is 33.9 Å². The molecular weight excluding hydrogens is 643 g/mol. The molecule has 0 N–H and O–H groups in total. The number of para-hydroxylation sites is 3. The molecule has 1 atom stereocenters. The van der Waals surface area contributed by atoms with Crippen molar-refractivity contribution in [1.29, 1.82) is 0 Å². The van der Waals surface area contributed by atoms with E-state index < -0.39 is 5.41 Å². The Morgan fingerprint density at radius 1 is 0.415 bits per heavy atom. The molecule has 0 saturated heterocycles. The zero-order valence-corrected chi connectivity index (χ0v) is 29.6. The van der Waals surface area contributed by atoms with Gasteiger partial charge in [-0.15, -0.1) is 0 Å². The summed E-state index contributed by atoms with van der Waals surface area (Å²) in [6.07, 6.45) is 0. The molecule has 2 aliphatic rings. The van der Waals surface area contributed by atoms with Crippen molar-refractivity contribution >= 4 is 21.8 Å². The summed E-state index contributed by atoms with van der Waals surface area (Å²) in [4.78, 5) is 10.6. The van der Waals surface area contributed by atoms with E-state index in [4.69, 9.17) is 9.97 Å². The van der Waals surface area contributed by atoms with Gasteiger partial charge in [0.15, 0.2) is 5.82 Å². The van der Waals surface area contributed by atoms with Gasteiger partial charge in [0, 0.05) is 32.9 Å². The first-order chi connectivity index (χ1) is 26.0. The molecule has 7 aromatic carbocycles. The lowest BCUT2D eigenvalue weighted by Gasteiger charge is -2.50. The van der Waals surface area contributed by atoms with Crippen molar-refractivity contribution in [2.45, 2.75) is 24.7 Å². The molecule has 0 radical (unpaired) electrons. The van der Waals surface area contributed by atoms with Gasteiger partial charge >= 0.3 is 0 Å². The van der Waals surface area contributed by atoms with Crippen LogP contribution in [-0.2, 0) is 10.8 Å². The average molecular weight is 678 g/mol. The highest BCUT2D eigenvalue weighted by atomic mass is 15.0. The molecule has 1 unspecified atom stereocenters. The van der Waals surface area contributed by atoms with Gasteiger partial charge in [-0.2, -0.15) is 0 Å². The molecular formula is C50H35N3. The molecule has 3 heterocycles. The highest BCUT2D eigenvalue weighted by Gasteiger charge is 2.52. The van der Waals surface area contributed by atoms with Crippen LogP contribution in [0, 0.1) is 0 Å². The molecule has 250 valence electrons. The van der Waals surface area contributed by atoms with E-state index in [2.05, 4.69) is 182 Å². The van der Waals surface area contributed by atoms with Crippen LogP contribution in [0.4, 0.5) is 0 Å². The van der Waals surface area contributed by atoms with E-state index in [1.165, 1.54) is 60.9 Å². The topological polar surface area (TPSA) is 30.7 Å². The highest BCUT2D eigenvalue weighted by Crippen LogP contribution is 2.60. The molecule has 1 aliphatic carbocycles. The number of nitrogens with zero attached hydrogens (tertiary/aromatic N) is 3. The summed E-state index contributed by atoms with van der Waals surface area (Å²) in [5.41, 5.74) is 15.7. The van der Waals surface area contributed by atoms with Crippen LogP contribution < -0.4 is 0 Å². The molecule has 0 fully saturated rings. The lowest BCUT2D eigenvalue weighted by Crippen LogP contribution is -2.44. The molecule has 2 aromatic heterocycles.